The minimum absolute atomic E-state index is 0.650. The van der Waals surface area contributed by atoms with Crippen molar-refractivity contribution in [1.29, 1.82) is 0 Å². The molecule has 0 radical (unpaired) electrons. The molecule has 1 aliphatic carbocycles. The van der Waals surface area contributed by atoms with Crippen molar-refractivity contribution in [2.75, 3.05) is 18.5 Å². The Hall–Kier alpha value is -0.730. The second kappa shape index (κ2) is 6.44. The Morgan fingerprint density at radius 3 is 2.61 bits per heavy atom. The summed E-state index contributed by atoms with van der Waals surface area (Å²) in [7, 11) is 2.17. The van der Waals surface area contributed by atoms with Crippen LogP contribution in [0, 0.1) is 0 Å². The molecular formula is C15H23ClN2. The van der Waals surface area contributed by atoms with E-state index in [1.165, 1.54) is 37.7 Å². The van der Waals surface area contributed by atoms with Gasteiger partial charge in [0.2, 0.25) is 0 Å². The van der Waals surface area contributed by atoms with Crippen molar-refractivity contribution in [1.82, 2.24) is 0 Å². The van der Waals surface area contributed by atoms with Crippen LogP contribution in [0.1, 0.15) is 37.7 Å². The molecule has 0 aliphatic heterocycles. The van der Waals surface area contributed by atoms with Gasteiger partial charge in [0.25, 0.3) is 0 Å². The van der Waals surface area contributed by atoms with Gasteiger partial charge in [-0.25, -0.2) is 0 Å². The molecule has 0 amide bonds. The average Bonchev–Trinajstić information content (AvgIpc) is 2.40. The first-order valence-electron chi connectivity index (χ1n) is 6.93. The molecule has 18 heavy (non-hydrogen) atoms. The summed E-state index contributed by atoms with van der Waals surface area (Å²) in [5.74, 6) is 0. The summed E-state index contributed by atoms with van der Waals surface area (Å²) in [6.07, 6.45) is 7.55. The zero-order valence-electron chi connectivity index (χ0n) is 11.2. The maximum absolute atomic E-state index is 6.40. The Kier molecular flexibility index (Phi) is 4.90. The lowest BCUT2D eigenvalue weighted by atomic mass is 9.94. The molecule has 0 saturated heterocycles. The quantitative estimate of drug-likeness (QED) is 0.902. The van der Waals surface area contributed by atoms with Crippen LogP contribution < -0.4 is 10.6 Å². The van der Waals surface area contributed by atoms with Gasteiger partial charge in [-0.3, -0.25) is 0 Å². The molecule has 3 heteroatoms. The van der Waals surface area contributed by atoms with Gasteiger partial charge in [0.05, 0.1) is 10.7 Å². The van der Waals surface area contributed by atoms with E-state index in [9.17, 15) is 0 Å². The summed E-state index contributed by atoms with van der Waals surface area (Å²) in [5, 5.41) is 0.856. The van der Waals surface area contributed by atoms with Crippen molar-refractivity contribution in [3.8, 4) is 0 Å². The van der Waals surface area contributed by atoms with Gasteiger partial charge < -0.3 is 10.6 Å². The highest BCUT2D eigenvalue weighted by molar-refractivity contribution is 6.33. The first-order valence-corrected chi connectivity index (χ1v) is 7.31. The van der Waals surface area contributed by atoms with Crippen molar-refractivity contribution in [2.24, 2.45) is 5.73 Å². The Morgan fingerprint density at radius 1 is 1.28 bits per heavy atom. The topological polar surface area (TPSA) is 29.3 Å². The van der Waals surface area contributed by atoms with E-state index in [1.807, 2.05) is 0 Å². The molecule has 1 saturated carbocycles. The first kappa shape index (κ1) is 13.7. The van der Waals surface area contributed by atoms with Crippen LogP contribution in [0.4, 0.5) is 5.69 Å². The van der Waals surface area contributed by atoms with Crippen LogP contribution in [-0.4, -0.2) is 19.6 Å². The lowest BCUT2D eigenvalue weighted by Gasteiger charge is -2.33. The van der Waals surface area contributed by atoms with Crippen LogP contribution in [-0.2, 0) is 6.42 Å². The molecule has 1 fully saturated rings. The standard InChI is InChI=1S/C15H23ClN2/c1-18(13-5-3-2-4-6-13)15-8-7-12(9-10-17)11-14(15)16/h7-8,11,13H,2-6,9-10,17H2,1H3. The van der Waals surface area contributed by atoms with E-state index in [1.54, 1.807) is 0 Å². The molecule has 1 aromatic rings. The summed E-state index contributed by atoms with van der Waals surface area (Å²) < 4.78 is 0. The van der Waals surface area contributed by atoms with Crippen molar-refractivity contribution >= 4 is 17.3 Å². The Bertz CT molecular complexity index is 386. The number of rotatable bonds is 4. The first-order chi connectivity index (χ1) is 8.72. The number of anilines is 1. The van der Waals surface area contributed by atoms with Crippen LogP contribution in [0.2, 0.25) is 5.02 Å². The molecule has 0 spiro atoms. The van der Waals surface area contributed by atoms with E-state index in [0.717, 1.165) is 17.1 Å². The van der Waals surface area contributed by atoms with Gasteiger partial charge in [-0.1, -0.05) is 36.9 Å². The third-order valence-corrected chi connectivity index (χ3v) is 4.25. The average molecular weight is 267 g/mol. The maximum Gasteiger partial charge on any atom is 0.0642 e. The second-order valence-electron chi connectivity index (χ2n) is 5.23. The fourth-order valence-electron chi connectivity index (χ4n) is 2.82. The van der Waals surface area contributed by atoms with Crippen molar-refractivity contribution < 1.29 is 0 Å². The third kappa shape index (κ3) is 3.18. The molecule has 0 aromatic heterocycles. The highest BCUT2D eigenvalue weighted by Gasteiger charge is 2.19. The number of nitrogens with zero attached hydrogens (tertiary/aromatic N) is 1. The fourth-order valence-corrected chi connectivity index (χ4v) is 3.16. The van der Waals surface area contributed by atoms with Gasteiger partial charge in [-0.05, 0) is 43.5 Å². The van der Waals surface area contributed by atoms with Crippen LogP contribution in [0.15, 0.2) is 18.2 Å². The van der Waals surface area contributed by atoms with E-state index in [0.29, 0.717) is 12.6 Å². The zero-order chi connectivity index (χ0) is 13.0. The summed E-state index contributed by atoms with van der Waals surface area (Å²) in [5.41, 5.74) is 7.95. The van der Waals surface area contributed by atoms with Gasteiger partial charge >= 0.3 is 0 Å². The second-order valence-corrected chi connectivity index (χ2v) is 5.63. The third-order valence-electron chi connectivity index (χ3n) is 3.95. The summed E-state index contributed by atoms with van der Waals surface area (Å²) in [6.45, 7) is 0.675. The zero-order valence-corrected chi connectivity index (χ0v) is 11.9. The van der Waals surface area contributed by atoms with Crippen LogP contribution in [0.25, 0.3) is 0 Å². The van der Waals surface area contributed by atoms with Crippen LogP contribution in [0.3, 0.4) is 0 Å². The molecule has 2 rings (SSSR count). The predicted molar refractivity (Wildman–Crippen MR) is 79.5 cm³/mol. The lowest BCUT2D eigenvalue weighted by molar-refractivity contribution is 0.427. The Morgan fingerprint density at radius 2 is 2.00 bits per heavy atom. The number of hydrogen-bond donors (Lipinski definition) is 1. The van der Waals surface area contributed by atoms with Crippen LogP contribution >= 0.6 is 11.6 Å². The summed E-state index contributed by atoms with van der Waals surface area (Å²) in [4.78, 5) is 2.35. The van der Waals surface area contributed by atoms with Crippen molar-refractivity contribution in [3.63, 3.8) is 0 Å². The molecule has 0 heterocycles. The number of halogens is 1. The molecule has 0 atom stereocenters. The molecule has 100 valence electrons. The Balaban J connectivity index is 2.11. The smallest absolute Gasteiger partial charge is 0.0642 e. The minimum atomic E-state index is 0.650. The summed E-state index contributed by atoms with van der Waals surface area (Å²) in [6, 6.07) is 7.00. The SMILES string of the molecule is CN(c1ccc(CCN)cc1Cl)C1CCCCC1. The summed E-state index contributed by atoms with van der Waals surface area (Å²) >= 11 is 6.40. The van der Waals surface area contributed by atoms with E-state index in [2.05, 4.69) is 30.1 Å². The molecule has 1 aromatic carbocycles. The van der Waals surface area contributed by atoms with E-state index < -0.39 is 0 Å². The van der Waals surface area contributed by atoms with E-state index >= 15 is 0 Å². The van der Waals surface area contributed by atoms with Gasteiger partial charge in [-0.15, -0.1) is 0 Å². The van der Waals surface area contributed by atoms with Gasteiger partial charge in [0.1, 0.15) is 0 Å². The maximum atomic E-state index is 6.40. The van der Waals surface area contributed by atoms with Gasteiger partial charge in [0, 0.05) is 13.1 Å². The molecule has 1 aliphatic rings. The fraction of sp³-hybridized carbons (Fsp3) is 0.600. The largest absolute Gasteiger partial charge is 0.370 e. The van der Waals surface area contributed by atoms with Gasteiger partial charge in [-0.2, -0.15) is 0 Å². The number of benzene rings is 1. The highest BCUT2D eigenvalue weighted by atomic mass is 35.5. The number of hydrogen-bond acceptors (Lipinski definition) is 2. The van der Waals surface area contributed by atoms with Crippen LogP contribution in [0.5, 0.6) is 0 Å². The normalized spacial score (nSPS) is 16.8. The minimum Gasteiger partial charge on any atom is -0.370 e. The van der Waals surface area contributed by atoms with E-state index in [-0.39, 0.29) is 0 Å². The molecule has 0 unspecified atom stereocenters. The monoisotopic (exact) mass is 266 g/mol. The Labute approximate surface area is 115 Å². The number of nitrogens with two attached hydrogens (primary N) is 1. The molecular weight excluding hydrogens is 244 g/mol. The molecule has 2 N–H and O–H groups in total. The molecule has 2 nitrogen and oxygen atoms in total. The highest BCUT2D eigenvalue weighted by Crippen LogP contribution is 2.31. The lowest BCUT2D eigenvalue weighted by Crippen LogP contribution is -2.33. The van der Waals surface area contributed by atoms with Crippen molar-refractivity contribution in [3.05, 3.63) is 28.8 Å². The van der Waals surface area contributed by atoms with Gasteiger partial charge in [0.15, 0.2) is 0 Å². The molecule has 0 bridgehead atoms. The van der Waals surface area contributed by atoms with Crippen molar-refractivity contribution in [2.45, 2.75) is 44.6 Å². The van der Waals surface area contributed by atoms with E-state index in [4.69, 9.17) is 17.3 Å². The predicted octanol–water partition coefficient (Wildman–Crippen LogP) is 3.61.